The Kier molecular flexibility index (Phi) is 7.91. The van der Waals surface area contributed by atoms with Gasteiger partial charge in [0.2, 0.25) is 5.88 Å². The summed E-state index contributed by atoms with van der Waals surface area (Å²) >= 11 is 6.63. The first-order valence-electron chi connectivity index (χ1n) is 16.1. The van der Waals surface area contributed by atoms with Gasteiger partial charge in [-0.15, -0.1) is 0 Å². The van der Waals surface area contributed by atoms with E-state index >= 15 is 4.39 Å². The lowest BCUT2D eigenvalue weighted by atomic mass is 9.91. The number of benzene rings is 2. The molecule has 1 N–H and O–H groups in total. The summed E-state index contributed by atoms with van der Waals surface area (Å²) in [6, 6.07) is 8.60. The molecule has 0 radical (unpaired) electrons. The fourth-order valence-corrected chi connectivity index (χ4v) is 7.41. The van der Waals surface area contributed by atoms with E-state index in [-0.39, 0.29) is 23.7 Å². The maximum absolute atomic E-state index is 16.0. The number of carbonyl (C=O) groups is 1. The van der Waals surface area contributed by atoms with E-state index in [1.165, 1.54) is 21.7 Å². The molecule has 0 saturated carbocycles. The van der Waals surface area contributed by atoms with E-state index < -0.39 is 17.5 Å². The highest BCUT2D eigenvalue weighted by atomic mass is 35.5. The van der Waals surface area contributed by atoms with Gasteiger partial charge in [0.1, 0.15) is 29.5 Å². The van der Waals surface area contributed by atoms with Gasteiger partial charge in [0, 0.05) is 66.0 Å². The molecule has 47 heavy (non-hydrogen) atoms. The van der Waals surface area contributed by atoms with E-state index in [1.807, 2.05) is 33.8 Å². The quantitative estimate of drug-likeness (QED) is 0.240. The number of likely N-dealkylation sites (N-methyl/N-ethyl adjacent to an activating group) is 1. The number of fused-ring (bicyclic) bond motifs is 5. The van der Waals surface area contributed by atoms with Crippen molar-refractivity contribution in [3.05, 3.63) is 64.2 Å². The summed E-state index contributed by atoms with van der Waals surface area (Å²) in [5.74, 6) is 0.345. The number of aromatic nitrogens is 2. The maximum atomic E-state index is 16.0. The Morgan fingerprint density at radius 2 is 1.87 bits per heavy atom. The summed E-state index contributed by atoms with van der Waals surface area (Å²) in [4.78, 5) is 28.7. The molecule has 5 heterocycles. The summed E-state index contributed by atoms with van der Waals surface area (Å²) in [7, 11) is 2.20. The molecule has 1 atom stereocenters. The molecule has 7 rings (SSSR count). The van der Waals surface area contributed by atoms with Crippen molar-refractivity contribution in [1.29, 1.82) is 0 Å². The second kappa shape index (κ2) is 11.8. The van der Waals surface area contributed by atoms with E-state index in [4.69, 9.17) is 21.1 Å². The minimum Gasteiger partial charge on any atom is -0.474 e. The molecule has 3 aliphatic heterocycles. The van der Waals surface area contributed by atoms with Crippen LogP contribution in [0.25, 0.3) is 21.9 Å². The number of nitrogens with zero attached hydrogens (tertiary/aromatic N) is 5. The van der Waals surface area contributed by atoms with Gasteiger partial charge in [-0.25, -0.2) is 19.2 Å². The number of pyridine rings is 2. The Labute approximate surface area is 279 Å². The molecule has 11 heteroatoms. The molecular weight excluding hydrogens is 619 g/mol. The van der Waals surface area contributed by atoms with Crippen LogP contribution in [0.1, 0.15) is 43.9 Å². The van der Waals surface area contributed by atoms with Crippen molar-refractivity contribution in [3.63, 3.8) is 0 Å². The highest BCUT2D eigenvalue weighted by Gasteiger charge is 2.33. The predicted octanol–water partition coefficient (Wildman–Crippen LogP) is 7.65. The summed E-state index contributed by atoms with van der Waals surface area (Å²) in [6.45, 7) is 13.2. The van der Waals surface area contributed by atoms with E-state index in [9.17, 15) is 4.79 Å². The van der Waals surface area contributed by atoms with Crippen LogP contribution in [-0.2, 0) is 11.2 Å². The molecule has 0 bridgehead atoms. The lowest BCUT2D eigenvalue weighted by molar-refractivity contribution is 0.0566. The summed E-state index contributed by atoms with van der Waals surface area (Å²) in [6.07, 6.45) is 4.83. The van der Waals surface area contributed by atoms with Crippen molar-refractivity contribution in [1.82, 2.24) is 14.9 Å². The molecule has 1 amide bonds. The van der Waals surface area contributed by atoms with Gasteiger partial charge >= 0.3 is 6.09 Å². The average molecular weight is 659 g/mol. The smallest absolute Gasteiger partial charge is 0.415 e. The molecule has 9 nitrogen and oxygen atoms in total. The zero-order valence-electron chi connectivity index (χ0n) is 27.7. The number of halogens is 2. The number of aryl methyl sites for hydroxylation is 2. The Hall–Kier alpha value is -4.15. The Morgan fingerprint density at radius 1 is 1.06 bits per heavy atom. The van der Waals surface area contributed by atoms with Gasteiger partial charge in [-0.2, -0.15) is 0 Å². The molecule has 2 aromatic carbocycles. The molecule has 2 aromatic heterocycles. The van der Waals surface area contributed by atoms with Crippen LogP contribution in [0.15, 0.2) is 36.7 Å². The van der Waals surface area contributed by atoms with E-state index in [2.05, 4.69) is 51.2 Å². The molecule has 0 spiro atoms. The Bertz CT molecular complexity index is 1910. The van der Waals surface area contributed by atoms with Crippen molar-refractivity contribution >= 4 is 51.3 Å². The number of hydrogen-bond donors (Lipinski definition) is 1. The van der Waals surface area contributed by atoms with Gasteiger partial charge in [-0.1, -0.05) is 11.6 Å². The van der Waals surface area contributed by atoms with Gasteiger partial charge in [0.15, 0.2) is 0 Å². The fourth-order valence-electron chi connectivity index (χ4n) is 7.15. The first-order valence-corrected chi connectivity index (χ1v) is 16.5. The number of ether oxygens (including phenoxy) is 2. The SMILES string of the molecule is Cc1cc(Nc2cc3cc(-c4cnc5c(c4C)N(C(=O)OC(C)(C)C)CCO5)c(F)c(Cl)c3cn2)cc2c1N1CCN(C)CC1CC2. The third-order valence-corrected chi connectivity index (χ3v) is 9.64. The lowest BCUT2D eigenvalue weighted by Crippen LogP contribution is -2.54. The number of amides is 1. The normalized spacial score (nSPS) is 17.9. The number of nitrogens with one attached hydrogen (secondary N) is 1. The molecule has 246 valence electrons. The zero-order chi connectivity index (χ0) is 33.2. The molecule has 1 fully saturated rings. The first kappa shape index (κ1) is 31.4. The summed E-state index contributed by atoms with van der Waals surface area (Å²) in [5, 5.41) is 4.68. The monoisotopic (exact) mass is 658 g/mol. The second-order valence-electron chi connectivity index (χ2n) is 13.8. The van der Waals surface area contributed by atoms with Crippen LogP contribution in [0.5, 0.6) is 5.88 Å². The number of carbonyl (C=O) groups excluding carboxylic acids is 1. The van der Waals surface area contributed by atoms with Gasteiger partial charge in [0.25, 0.3) is 0 Å². The third kappa shape index (κ3) is 5.82. The van der Waals surface area contributed by atoms with Crippen molar-refractivity contribution in [2.75, 3.05) is 55.0 Å². The molecular formula is C36H40ClFN6O3. The van der Waals surface area contributed by atoms with Crippen LogP contribution in [0.4, 0.5) is 32.1 Å². The number of rotatable bonds is 3. The Morgan fingerprint density at radius 3 is 2.66 bits per heavy atom. The van der Waals surface area contributed by atoms with Gasteiger partial charge in [-0.05, 0) is 101 Å². The van der Waals surface area contributed by atoms with Crippen molar-refractivity contribution in [3.8, 4) is 17.0 Å². The van der Waals surface area contributed by atoms with Gasteiger partial charge in [0.05, 0.1) is 11.6 Å². The van der Waals surface area contributed by atoms with Gasteiger partial charge in [-0.3, -0.25) is 4.90 Å². The van der Waals surface area contributed by atoms with Crippen LogP contribution in [0, 0.1) is 19.7 Å². The van der Waals surface area contributed by atoms with Crippen LogP contribution in [0.3, 0.4) is 0 Å². The maximum Gasteiger partial charge on any atom is 0.415 e. The van der Waals surface area contributed by atoms with E-state index in [1.54, 1.807) is 18.5 Å². The van der Waals surface area contributed by atoms with Gasteiger partial charge < -0.3 is 24.6 Å². The standard InChI is InChI=1S/C36H40ClFN6O3/c1-20-13-24(14-22-7-8-25-19-42(6)9-10-43(25)32(20)22)41-29-16-23-15-26(31(38)30(37)28(23)18-39-29)27-17-40-34-33(21(27)2)44(11-12-46-34)35(45)47-36(3,4)5/h13-18,25H,7-12,19H2,1-6H3,(H,39,41). The minimum atomic E-state index is -0.683. The lowest BCUT2D eigenvalue weighted by Gasteiger charge is -2.46. The number of anilines is 4. The van der Waals surface area contributed by atoms with Crippen molar-refractivity contribution < 1.29 is 18.7 Å². The summed E-state index contributed by atoms with van der Waals surface area (Å²) in [5.41, 5.74) is 6.10. The van der Waals surface area contributed by atoms with Crippen LogP contribution < -0.4 is 19.9 Å². The third-order valence-electron chi connectivity index (χ3n) is 9.27. The number of piperazine rings is 1. The summed E-state index contributed by atoms with van der Waals surface area (Å²) < 4.78 is 27.4. The molecule has 1 unspecified atom stereocenters. The molecule has 1 saturated heterocycles. The molecule has 4 aromatic rings. The van der Waals surface area contributed by atoms with Crippen LogP contribution in [0.2, 0.25) is 5.02 Å². The van der Waals surface area contributed by atoms with E-state index in [0.29, 0.717) is 39.9 Å². The van der Waals surface area contributed by atoms with Crippen molar-refractivity contribution in [2.45, 2.75) is 59.1 Å². The highest BCUT2D eigenvalue weighted by molar-refractivity contribution is 6.36. The van der Waals surface area contributed by atoms with Crippen molar-refractivity contribution in [2.24, 2.45) is 0 Å². The Balaban J connectivity index is 1.23. The van der Waals surface area contributed by atoms with E-state index in [0.717, 1.165) is 43.5 Å². The zero-order valence-corrected chi connectivity index (χ0v) is 28.5. The van der Waals surface area contributed by atoms with Crippen LogP contribution in [-0.4, -0.2) is 72.4 Å². The highest BCUT2D eigenvalue weighted by Crippen LogP contribution is 2.43. The molecule has 3 aliphatic rings. The van der Waals surface area contributed by atoms with Crippen LogP contribution >= 0.6 is 11.6 Å². The fraction of sp³-hybridized carbons (Fsp3) is 0.417. The molecule has 0 aliphatic carbocycles. The second-order valence-corrected chi connectivity index (χ2v) is 14.2. The largest absolute Gasteiger partial charge is 0.474 e. The minimum absolute atomic E-state index is 0.0275. The number of hydrogen-bond acceptors (Lipinski definition) is 8. The topological polar surface area (TPSA) is 83.1 Å². The first-order chi connectivity index (χ1) is 22.4. The average Bonchev–Trinajstić information content (AvgIpc) is 3.01. The predicted molar refractivity (Wildman–Crippen MR) is 185 cm³/mol.